The molecule has 2 N–H and O–H groups in total. The fourth-order valence-electron chi connectivity index (χ4n) is 2.74. The van der Waals surface area contributed by atoms with E-state index in [1.165, 1.54) is 6.26 Å². The lowest BCUT2D eigenvalue weighted by atomic mass is 10.3. The molecule has 1 aromatic heterocycles. The smallest absolute Gasteiger partial charge is 0.201 e. The Hall–Kier alpha value is -1.56. The Balaban J connectivity index is 2.24. The monoisotopic (exact) mass is 279 g/mol. The van der Waals surface area contributed by atoms with E-state index in [-0.39, 0.29) is 4.90 Å². The first-order valence-corrected chi connectivity index (χ1v) is 8.29. The number of rotatable bonds is 3. The molecular weight excluding hydrogens is 262 g/mol. The van der Waals surface area contributed by atoms with E-state index in [4.69, 9.17) is 5.73 Å². The third-order valence-corrected chi connectivity index (χ3v) is 4.98. The van der Waals surface area contributed by atoms with Crippen molar-refractivity contribution >= 4 is 26.8 Å². The molecule has 6 heteroatoms. The Morgan fingerprint density at radius 3 is 2.79 bits per heavy atom. The van der Waals surface area contributed by atoms with E-state index in [0.717, 1.165) is 18.4 Å². The summed E-state index contributed by atoms with van der Waals surface area (Å²) in [6.07, 6.45) is 3.40. The average molecular weight is 279 g/mol. The number of aromatic nitrogens is 2. The van der Waals surface area contributed by atoms with Crippen molar-refractivity contribution in [1.82, 2.24) is 9.55 Å². The number of sulfone groups is 1. The molecule has 19 heavy (non-hydrogen) atoms. The number of imidazole rings is 1. The summed E-state index contributed by atoms with van der Waals surface area (Å²) >= 11 is 0. The minimum absolute atomic E-state index is 0.254. The van der Waals surface area contributed by atoms with Gasteiger partial charge in [-0.25, -0.2) is 13.4 Å². The lowest BCUT2D eigenvalue weighted by Crippen LogP contribution is -2.02. The van der Waals surface area contributed by atoms with Crippen LogP contribution in [0.2, 0.25) is 0 Å². The zero-order chi connectivity index (χ0) is 13.8. The zero-order valence-electron chi connectivity index (χ0n) is 11.0. The normalized spacial score (nSPS) is 22.8. The van der Waals surface area contributed by atoms with Gasteiger partial charge in [-0.05, 0) is 24.5 Å². The molecule has 3 rings (SSSR count). The van der Waals surface area contributed by atoms with E-state index in [1.807, 2.05) is 10.6 Å². The van der Waals surface area contributed by atoms with Crippen molar-refractivity contribution in [3.8, 4) is 0 Å². The van der Waals surface area contributed by atoms with Crippen molar-refractivity contribution in [2.45, 2.75) is 30.7 Å². The molecular formula is C13H17N3O2S. The number of anilines is 1. The van der Waals surface area contributed by atoms with Gasteiger partial charge in [-0.3, -0.25) is 0 Å². The lowest BCUT2D eigenvalue weighted by molar-refractivity contribution is 0.602. The number of nitrogen functional groups attached to an aromatic ring is 1. The molecule has 1 aliphatic carbocycles. The van der Waals surface area contributed by atoms with Gasteiger partial charge in [0.2, 0.25) is 5.95 Å². The van der Waals surface area contributed by atoms with Gasteiger partial charge in [-0.2, -0.15) is 0 Å². The van der Waals surface area contributed by atoms with Gasteiger partial charge in [0.25, 0.3) is 0 Å². The zero-order valence-corrected chi connectivity index (χ0v) is 11.8. The van der Waals surface area contributed by atoms with Crippen LogP contribution in [0.5, 0.6) is 0 Å². The highest BCUT2D eigenvalue weighted by Crippen LogP contribution is 2.48. The molecule has 1 aromatic carbocycles. The van der Waals surface area contributed by atoms with Gasteiger partial charge in [-0.1, -0.05) is 19.4 Å². The van der Waals surface area contributed by atoms with Crippen LogP contribution in [0.3, 0.4) is 0 Å². The second kappa shape index (κ2) is 3.96. The average Bonchev–Trinajstić information content (AvgIpc) is 3.02. The Bertz CT molecular complexity index is 749. The van der Waals surface area contributed by atoms with E-state index in [9.17, 15) is 8.42 Å². The van der Waals surface area contributed by atoms with Crippen molar-refractivity contribution in [2.75, 3.05) is 12.0 Å². The molecule has 0 saturated heterocycles. The summed E-state index contributed by atoms with van der Waals surface area (Å²) in [5, 5.41) is 0. The maximum atomic E-state index is 11.8. The molecule has 0 aliphatic heterocycles. The summed E-state index contributed by atoms with van der Waals surface area (Å²) in [4.78, 5) is 4.52. The van der Waals surface area contributed by atoms with E-state index < -0.39 is 9.84 Å². The molecule has 1 heterocycles. The number of hydrogen-bond donors (Lipinski definition) is 1. The van der Waals surface area contributed by atoms with E-state index in [2.05, 4.69) is 11.9 Å². The molecule has 2 aromatic rings. The van der Waals surface area contributed by atoms with Crippen LogP contribution in [-0.2, 0) is 9.84 Å². The van der Waals surface area contributed by atoms with Gasteiger partial charge >= 0.3 is 0 Å². The summed E-state index contributed by atoms with van der Waals surface area (Å²) in [6, 6.07) is 5.58. The fraction of sp³-hybridized carbons (Fsp3) is 0.462. The summed E-state index contributed by atoms with van der Waals surface area (Å²) < 4.78 is 25.6. The van der Waals surface area contributed by atoms with Crippen molar-refractivity contribution in [2.24, 2.45) is 5.92 Å². The van der Waals surface area contributed by atoms with Crippen molar-refractivity contribution in [3.63, 3.8) is 0 Å². The molecule has 2 atom stereocenters. The van der Waals surface area contributed by atoms with E-state index in [0.29, 0.717) is 23.4 Å². The summed E-state index contributed by atoms with van der Waals surface area (Å²) in [6.45, 7) is 2.15. The minimum Gasteiger partial charge on any atom is -0.369 e. The van der Waals surface area contributed by atoms with Crippen LogP contribution in [-0.4, -0.2) is 24.2 Å². The van der Waals surface area contributed by atoms with Crippen molar-refractivity contribution in [3.05, 3.63) is 18.2 Å². The van der Waals surface area contributed by atoms with Crippen LogP contribution in [0.25, 0.3) is 11.0 Å². The van der Waals surface area contributed by atoms with Crippen LogP contribution in [0, 0.1) is 5.92 Å². The van der Waals surface area contributed by atoms with E-state index in [1.54, 1.807) is 12.1 Å². The number of benzene rings is 1. The fourth-order valence-corrected chi connectivity index (χ4v) is 3.57. The van der Waals surface area contributed by atoms with Crippen molar-refractivity contribution in [1.29, 1.82) is 0 Å². The van der Waals surface area contributed by atoms with Crippen LogP contribution in [0.1, 0.15) is 25.8 Å². The summed E-state index contributed by atoms with van der Waals surface area (Å²) in [7, 11) is -3.29. The number of hydrogen-bond acceptors (Lipinski definition) is 4. The molecule has 1 fully saturated rings. The number of nitrogens with zero attached hydrogens (tertiary/aromatic N) is 2. The summed E-state index contributed by atoms with van der Waals surface area (Å²) in [5.74, 6) is 1.04. The molecule has 102 valence electrons. The standard InChI is InChI=1S/C13H17N3O2S/c1-3-8-7-10(8)16-9-5-4-6-11(19(2,17)18)12(9)15-13(16)14/h4-6,8,10H,3,7H2,1-2H3,(H2,14,15). The molecule has 1 aliphatic rings. The van der Waals surface area contributed by atoms with Gasteiger partial charge in [0.05, 0.1) is 10.4 Å². The summed E-state index contributed by atoms with van der Waals surface area (Å²) in [5.41, 5.74) is 7.29. The topological polar surface area (TPSA) is 78.0 Å². The first kappa shape index (κ1) is 12.5. The Kier molecular flexibility index (Phi) is 2.60. The third-order valence-electron chi connectivity index (χ3n) is 3.85. The highest BCUT2D eigenvalue weighted by molar-refractivity contribution is 7.91. The second-order valence-electron chi connectivity index (χ2n) is 5.21. The first-order chi connectivity index (χ1) is 8.93. The number of para-hydroxylation sites is 1. The Morgan fingerprint density at radius 2 is 2.21 bits per heavy atom. The lowest BCUT2D eigenvalue weighted by Gasteiger charge is -2.05. The van der Waals surface area contributed by atoms with Crippen LogP contribution < -0.4 is 5.73 Å². The maximum Gasteiger partial charge on any atom is 0.201 e. The third kappa shape index (κ3) is 1.90. The SMILES string of the molecule is CCC1CC1n1c(N)nc2c(S(C)(=O)=O)cccc21. The minimum atomic E-state index is -3.29. The van der Waals surface area contributed by atoms with Crippen LogP contribution >= 0.6 is 0 Å². The largest absolute Gasteiger partial charge is 0.369 e. The molecule has 1 saturated carbocycles. The molecule has 2 unspecified atom stereocenters. The Morgan fingerprint density at radius 1 is 1.47 bits per heavy atom. The predicted molar refractivity (Wildman–Crippen MR) is 74.7 cm³/mol. The highest BCUT2D eigenvalue weighted by atomic mass is 32.2. The first-order valence-electron chi connectivity index (χ1n) is 6.40. The molecule has 5 nitrogen and oxygen atoms in total. The molecule has 0 amide bonds. The van der Waals surface area contributed by atoms with E-state index >= 15 is 0 Å². The molecule has 0 radical (unpaired) electrons. The highest BCUT2D eigenvalue weighted by Gasteiger charge is 2.39. The van der Waals surface area contributed by atoms with Gasteiger partial charge in [-0.15, -0.1) is 0 Å². The molecule has 0 bridgehead atoms. The Labute approximate surface area is 112 Å². The van der Waals surface area contributed by atoms with Crippen molar-refractivity contribution < 1.29 is 8.42 Å². The van der Waals surface area contributed by atoms with Gasteiger partial charge < -0.3 is 10.3 Å². The van der Waals surface area contributed by atoms with Gasteiger partial charge in [0.1, 0.15) is 5.52 Å². The predicted octanol–water partition coefficient (Wildman–Crippen LogP) is 1.99. The number of nitrogens with two attached hydrogens (primary N) is 1. The maximum absolute atomic E-state index is 11.8. The van der Waals surface area contributed by atoms with Gasteiger partial charge in [0.15, 0.2) is 9.84 Å². The quantitative estimate of drug-likeness (QED) is 0.932. The number of fused-ring (bicyclic) bond motifs is 1. The van der Waals surface area contributed by atoms with Gasteiger partial charge in [0, 0.05) is 12.3 Å². The second-order valence-corrected chi connectivity index (χ2v) is 7.19. The van der Waals surface area contributed by atoms with Crippen LogP contribution in [0.4, 0.5) is 5.95 Å². The van der Waals surface area contributed by atoms with Crippen LogP contribution in [0.15, 0.2) is 23.1 Å². The molecule has 0 spiro atoms.